The van der Waals surface area contributed by atoms with Crippen LogP contribution in [0.3, 0.4) is 0 Å². The molecule has 148 valence electrons. The standard InChI is InChI=1S/C21H25N3O4/c25-24(26)20-15-18(7-8-19(20)22-10-13-27-14-11-22)21-23(9-4-12-28-21)16-17-5-2-1-3-6-17/h1-3,5-8,15,21H,4,9-14,16H2/t21-/m0/s1. The van der Waals surface area contributed by atoms with Crippen LogP contribution in [0, 0.1) is 10.1 Å². The van der Waals surface area contributed by atoms with Gasteiger partial charge in [-0.05, 0) is 18.1 Å². The summed E-state index contributed by atoms with van der Waals surface area (Å²) in [6.45, 7) is 4.84. The maximum atomic E-state index is 11.8. The lowest BCUT2D eigenvalue weighted by molar-refractivity contribution is -0.384. The highest BCUT2D eigenvalue weighted by Crippen LogP contribution is 2.35. The van der Waals surface area contributed by atoms with Gasteiger partial charge in [-0.15, -0.1) is 0 Å². The third-order valence-corrected chi connectivity index (χ3v) is 5.26. The highest BCUT2D eigenvalue weighted by atomic mass is 16.6. The lowest BCUT2D eigenvalue weighted by Gasteiger charge is -2.36. The number of ether oxygens (including phenoxy) is 2. The van der Waals surface area contributed by atoms with Crippen molar-refractivity contribution in [3.8, 4) is 0 Å². The largest absolute Gasteiger partial charge is 0.378 e. The van der Waals surface area contributed by atoms with E-state index >= 15 is 0 Å². The summed E-state index contributed by atoms with van der Waals surface area (Å²) in [5, 5.41) is 11.8. The number of hydrogen-bond donors (Lipinski definition) is 0. The van der Waals surface area contributed by atoms with Gasteiger partial charge in [-0.3, -0.25) is 15.0 Å². The zero-order valence-corrected chi connectivity index (χ0v) is 15.8. The maximum absolute atomic E-state index is 11.8. The first-order valence-electron chi connectivity index (χ1n) is 9.73. The normalized spacial score (nSPS) is 20.9. The van der Waals surface area contributed by atoms with Gasteiger partial charge >= 0.3 is 0 Å². The molecule has 0 aliphatic carbocycles. The number of hydrogen-bond acceptors (Lipinski definition) is 6. The Morgan fingerprint density at radius 1 is 1.04 bits per heavy atom. The fraction of sp³-hybridized carbons (Fsp3) is 0.429. The van der Waals surface area contributed by atoms with Crippen molar-refractivity contribution in [2.75, 3.05) is 44.4 Å². The van der Waals surface area contributed by atoms with Gasteiger partial charge < -0.3 is 14.4 Å². The van der Waals surface area contributed by atoms with Crippen LogP contribution in [0.25, 0.3) is 0 Å². The molecule has 2 heterocycles. The molecule has 7 nitrogen and oxygen atoms in total. The van der Waals surface area contributed by atoms with Crippen LogP contribution in [0.1, 0.15) is 23.8 Å². The van der Waals surface area contributed by atoms with Crippen molar-refractivity contribution in [3.63, 3.8) is 0 Å². The monoisotopic (exact) mass is 383 g/mol. The Balaban J connectivity index is 1.60. The quantitative estimate of drug-likeness (QED) is 0.583. The number of nitrogens with zero attached hydrogens (tertiary/aromatic N) is 3. The van der Waals surface area contributed by atoms with E-state index in [1.54, 1.807) is 6.07 Å². The number of anilines is 1. The molecular weight excluding hydrogens is 358 g/mol. The Morgan fingerprint density at radius 2 is 1.82 bits per heavy atom. The number of nitro benzene ring substituents is 1. The first-order valence-corrected chi connectivity index (χ1v) is 9.73. The molecule has 0 N–H and O–H groups in total. The molecule has 2 aromatic carbocycles. The second-order valence-corrected chi connectivity index (χ2v) is 7.14. The SMILES string of the molecule is O=[N+]([O-])c1cc([C@@H]2OCCCN2Cc2ccccc2)ccc1N1CCOCC1. The summed E-state index contributed by atoms with van der Waals surface area (Å²) < 4.78 is 11.4. The molecule has 0 saturated carbocycles. The minimum absolute atomic E-state index is 0.133. The molecule has 2 aromatic rings. The average molecular weight is 383 g/mol. The Bertz CT molecular complexity index is 809. The van der Waals surface area contributed by atoms with E-state index in [0.717, 1.165) is 25.1 Å². The summed E-state index contributed by atoms with van der Waals surface area (Å²) in [5.74, 6) is 0. The van der Waals surface area contributed by atoms with E-state index in [-0.39, 0.29) is 16.8 Å². The summed E-state index contributed by atoms with van der Waals surface area (Å²) in [5.41, 5.74) is 2.83. The average Bonchev–Trinajstić information content (AvgIpc) is 2.75. The van der Waals surface area contributed by atoms with Crippen LogP contribution in [0.5, 0.6) is 0 Å². The lowest BCUT2D eigenvalue weighted by Crippen LogP contribution is -2.37. The minimum Gasteiger partial charge on any atom is -0.378 e. The molecule has 4 rings (SSSR count). The number of rotatable bonds is 5. The van der Waals surface area contributed by atoms with Gasteiger partial charge in [0.25, 0.3) is 5.69 Å². The third kappa shape index (κ3) is 4.16. The molecule has 0 spiro atoms. The van der Waals surface area contributed by atoms with Gasteiger partial charge in [0.1, 0.15) is 11.9 Å². The number of benzene rings is 2. The topological polar surface area (TPSA) is 68.1 Å². The van der Waals surface area contributed by atoms with Crippen molar-refractivity contribution in [1.29, 1.82) is 0 Å². The van der Waals surface area contributed by atoms with Crippen molar-refractivity contribution in [1.82, 2.24) is 4.90 Å². The van der Waals surface area contributed by atoms with Crippen LogP contribution in [0.4, 0.5) is 11.4 Å². The lowest BCUT2D eigenvalue weighted by atomic mass is 10.1. The summed E-state index contributed by atoms with van der Waals surface area (Å²) in [6, 6.07) is 15.7. The molecule has 0 unspecified atom stereocenters. The number of nitro groups is 1. The van der Waals surface area contributed by atoms with Gasteiger partial charge in [0, 0.05) is 37.8 Å². The van der Waals surface area contributed by atoms with Crippen molar-refractivity contribution >= 4 is 11.4 Å². The van der Waals surface area contributed by atoms with Gasteiger partial charge in [0.05, 0.1) is 24.7 Å². The van der Waals surface area contributed by atoms with Gasteiger partial charge in [0.2, 0.25) is 0 Å². The Morgan fingerprint density at radius 3 is 2.57 bits per heavy atom. The fourth-order valence-corrected chi connectivity index (χ4v) is 3.88. The van der Waals surface area contributed by atoms with Crippen LogP contribution in [0.15, 0.2) is 48.5 Å². The van der Waals surface area contributed by atoms with Gasteiger partial charge in [-0.25, -0.2) is 0 Å². The summed E-state index contributed by atoms with van der Waals surface area (Å²) in [7, 11) is 0. The molecule has 2 aliphatic heterocycles. The predicted molar refractivity (Wildman–Crippen MR) is 106 cm³/mol. The van der Waals surface area contributed by atoms with E-state index in [1.807, 2.05) is 35.2 Å². The fourth-order valence-electron chi connectivity index (χ4n) is 3.88. The molecule has 0 amide bonds. The smallest absolute Gasteiger partial charge is 0.292 e. The van der Waals surface area contributed by atoms with E-state index in [2.05, 4.69) is 17.0 Å². The minimum atomic E-state index is -0.293. The van der Waals surface area contributed by atoms with Crippen LogP contribution in [-0.2, 0) is 16.0 Å². The molecular formula is C21H25N3O4. The molecule has 0 bridgehead atoms. The van der Waals surface area contributed by atoms with E-state index in [4.69, 9.17) is 9.47 Å². The Kier molecular flexibility index (Phi) is 5.85. The molecule has 1 atom stereocenters. The maximum Gasteiger partial charge on any atom is 0.292 e. The zero-order chi connectivity index (χ0) is 19.3. The van der Waals surface area contributed by atoms with Crippen LogP contribution < -0.4 is 4.90 Å². The summed E-state index contributed by atoms with van der Waals surface area (Å²) in [4.78, 5) is 15.7. The van der Waals surface area contributed by atoms with E-state index in [9.17, 15) is 10.1 Å². The van der Waals surface area contributed by atoms with E-state index in [0.29, 0.717) is 38.6 Å². The molecule has 2 fully saturated rings. The molecule has 0 radical (unpaired) electrons. The second-order valence-electron chi connectivity index (χ2n) is 7.14. The molecule has 0 aromatic heterocycles. The third-order valence-electron chi connectivity index (χ3n) is 5.26. The van der Waals surface area contributed by atoms with Crippen molar-refractivity contribution in [2.45, 2.75) is 19.2 Å². The van der Waals surface area contributed by atoms with E-state index < -0.39 is 0 Å². The van der Waals surface area contributed by atoms with Crippen molar-refractivity contribution in [2.24, 2.45) is 0 Å². The molecule has 2 aliphatic rings. The summed E-state index contributed by atoms with van der Waals surface area (Å²) in [6.07, 6.45) is 0.684. The van der Waals surface area contributed by atoms with Crippen molar-refractivity contribution in [3.05, 3.63) is 69.8 Å². The predicted octanol–water partition coefficient (Wildman–Crippen LogP) is 3.35. The summed E-state index contributed by atoms with van der Waals surface area (Å²) >= 11 is 0. The molecule has 7 heteroatoms. The highest BCUT2D eigenvalue weighted by Gasteiger charge is 2.29. The number of morpholine rings is 1. The van der Waals surface area contributed by atoms with Crippen LogP contribution in [-0.4, -0.2) is 49.3 Å². The van der Waals surface area contributed by atoms with Crippen LogP contribution >= 0.6 is 0 Å². The first kappa shape index (κ1) is 18.9. The van der Waals surface area contributed by atoms with Gasteiger partial charge in [-0.1, -0.05) is 36.4 Å². The molecule has 28 heavy (non-hydrogen) atoms. The first-order chi connectivity index (χ1) is 13.7. The second kappa shape index (κ2) is 8.68. The van der Waals surface area contributed by atoms with E-state index in [1.165, 1.54) is 5.56 Å². The highest BCUT2D eigenvalue weighted by molar-refractivity contribution is 5.64. The van der Waals surface area contributed by atoms with Crippen LogP contribution in [0.2, 0.25) is 0 Å². The van der Waals surface area contributed by atoms with Crippen molar-refractivity contribution < 1.29 is 14.4 Å². The van der Waals surface area contributed by atoms with Gasteiger partial charge in [-0.2, -0.15) is 0 Å². The Hall–Kier alpha value is -2.48. The zero-order valence-electron chi connectivity index (χ0n) is 15.8. The Labute approximate surface area is 164 Å². The van der Waals surface area contributed by atoms with Gasteiger partial charge in [0.15, 0.2) is 0 Å². The molecule has 2 saturated heterocycles.